The van der Waals surface area contributed by atoms with Gasteiger partial charge in [0.15, 0.2) is 0 Å². The molecule has 4 unspecified atom stereocenters. The van der Waals surface area contributed by atoms with Gasteiger partial charge in [-0.1, -0.05) is 101 Å². The summed E-state index contributed by atoms with van der Waals surface area (Å²) in [6.45, 7) is 6.29. The van der Waals surface area contributed by atoms with Gasteiger partial charge in [-0.15, -0.1) is 0 Å². The van der Waals surface area contributed by atoms with E-state index in [1.54, 1.807) is 0 Å². The third-order valence-corrected chi connectivity index (χ3v) is 8.60. The SMILES string of the molecule is CC.CCCC1CCCC(C(C(=O)CCCc2ccc3c(c2)CCC(C(N)=O)C3)c2ccccc2)CC1.[HH]. The van der Waals surface area contributed by atoms with Crippen molar-refractivity contribution < 1.29 is 11.0 Å². The highest BCUT2D eigenvalue weighted by Gasteiger charge is 2.31. The maximum absolute atomic E-state index is 13.6. The number of hydrogen-bond acceptors (Lipinski definition) is 2. The van der Waals surface area contributed by atoms with Crippen LogP contribution in [0.1, 0.15) is 115 Å². The van der Waals surface area contributed by atoms with Crippen LogP contribution < -0.4 is 5.73 Å². The van der Waals surface area contributed by atoms with E-state index in [1.807, 2.05) is 13.8 Å². The number of nitrogens with two attached hydrogens (primary N) is 1. The summed E-state index contributed by atoms with van der Waals surface area (Å²) >= 11 is 0. The monoisotopic (exact) mass is 505 g/mol. The minimum Gasteiger partial charge on any atom is -0.369 e. The van der Waals surface area contributed by atoms with Crippen LogP contribution in [0.2, 0.25) is 0 Å². The van der Waals surface area contributed by atoms with E-state index in [9.17, 15) is 9.59 Å². The summed E-state index contributed by atoms with van der Waals surface area (Å²) in [5.41, 5.74) is 10.7. The number of fused-ring (bicyclic) bond motifs is 1. The first-order valence-electron chi connectivity index (χ1n) is 15.0. The average Bonchev–Trinajstić information content (AvgIpc) is 3.16. The fraction of sp³-hybridized carbons (Fsp3) is 0.588. The topological polar surface area (TPSA) is 60.2 Å². The normalized spacial score (nSPS) is 22.1. The van der Waals surface area contributed by atoms with Crippen molar-refractivity contribution in [3.63, 3.8) is 0 Å². The molecule has 2 N–H and O–H groups in total. The molecule has 0 aliphatic heterocycles. The smallest absolute Gasteiger partial charge is 0.220 e. The van der Waals surface area contributed by atoms with E-state index in [-0.39, 0.29) is 19.2 Å². The van der Waals surface area contributed by atoms with Crippen LogP contribution in [0.15, 0.2) is 48.5 Å². The molecule has 0 saturated heterocycles. The Labute approximate surface area is 227 Å². The van der Waals surface area contributed by atoms with Crippen molar-refractivity contribution in [1.29, 1.82) is 0 Å². The highest BCUT2D eigenvalue weighted by molar-refractivity contribution is 5.86. The number of carbonyl (C=O) groups is 2. The third kappa shape index (κ3) is 8.28. The van der Waals surface area contributed by atoms with E-state index >= 15 is 0 Å². The summed E-state index contributed by atoms with van der Waals surface area (Å²) in [5.74, 6) is 1.60. The number of aryl methyl sites for hydroxylation is 2. The van der Waals surface area contributed by atoms with Crippen molar-refractivity contribution in [2.45, 2.75) is 110 Å². The first-order valence-corrected chi connectivity index (χ1v) is 15.0. The zero-order valence-electron chi connectivity index (χ0n) is 23.5. The second-order valence-electron chi connectivity index (χ2n) is 11.1. The summed E-state index contributed by atoms with van der Waals surface area (Å²) in [4.78, 5) is 25.2. The molecule has 37 heavy (non-hydrogen) atoms. The van der Waals surface area contributed by atoms with Gasteiger partial charge >= 0.3 is 0 Å². The molecule has 1 fully saturated rings. The quantitative estimate of drug-likeness (QED) is 0.331. The second-order valence-corrected chi connectivity index (χ2v) is 11.1. The van der Waals surface area contributed by atoms with E-state index in [2.05, 4.69) is 55.5 Å². The Morgan fingerprint density at radius 1 is 0.973 bits per heavy atom. The molecular weight excluding hydrogens is 454 g/mol. The molecule has 3 nitrogen and oxygen atoms in total. The van der Waals surface area contributed by atoms with E-state index in [0.717, 1.165) is 38.0 Å². The Bertz CT molecular complexity index is 989. The molecule has 0 radical (unpaired) electrons. The molecule has 2 aliphatic carbocycles. The van der Waals surface area contributed by atoms with Gasteiger partial charge < -0.3 is 5.73 Å². The number of primary amides is 1. The zero-order valence-corrected chi connectivity index (χ0v) is 23.5. The van der Waals surface area contributed by atoms with Gasteiger partial charge in [0.25, 0.3) is 0 Å². The molecule has 4 rings (SSSR count). The third-order valence-electron chi connectivity index (χ3n) is 8.60. The van der Waals surface area contributed by atoms with E-state index in [0.29, 0.717) is 18.1 Å². The second kappa shape index (κ2) is 15.1. The number of ketones is 1. The highest BCUT2D eigenvalue weighted by Crippen LogP contribution is 2.39. The van der Waals surface area contributed by atoms with Crippen molar-refractivity contribution in [2.24, 2.45) is 23.5 Å². The first kappa shape index (κ1) is 29.1. The van der Waals surface area contributed by atoms with Crippen LogP contribution in [0.5, 0.6) is 0 Å². The fourth-order valence-corrected chi connectivity index (χ4v) is 6.65. The van der Waals surface area contributed by atoms with Crippen molar-refractivity contribution in [2.75, 3.05) is 0 Å². The summed E-state index contributed by atoms with van der Waals surface area (Å²) in [5, 5.41) is 0. The minimum absolute atomic E-state index is 0. The molecule has 4 atom stereocenters. The lowest BCUT2D eigenvalue weighted by Crippen LogP contribution is -2.28. The summed E-state index contributed by atoms with van der Waals surface area (Å²) in [7, 11) is 0. The zero-order chi connectivity index (χ0) is 26.6. The molecule has 1 amide bonds. The molecule has 204 valence electrons. The predicted octanol–water partition coefficient (Wildman–Crippen LogP) is 8.22. The molecule has 1 saturated carbocycles. The molecule has 0 bridgehead atoms. The number of amides is 1. The number of benzene rings is 2. The Morgan fingerprint density at radius 3 is 2.49 bits per heavy atom. The van der Waals surface area contributed by atoms with Gasteiger partial charge in [-0.05, 0) is 79.0 Å². The van der Waals surface area contributed by atoms with Gasteiger partial charge in [-0.25, -0.2) is 0 Å². The Hall–Kier alpha value is -2.42. The predicted molar refractivity (Wildman–Crippen MR) is 157 cm³/mol. The van der Waals surface area contributed by atoms with Gasteiger partial charge in [0.2, 0.25) is 5.91 Å². The van der Waals surface area contributed by atoms with Crippen LogP contribution in [0.25, 0.3) is 0 Å². The Balaban J connectivity index is 0.00000165. The number of hydrogen-bond donors (Lipinski definition) is 1. The highest BCUT2D eigenvalue weighted by atomic mass is 16.1. The molecule has 0 spiro atoms. The van der Waals surface area contributed by atoms with E-state index in [1.165, 1.54) is 67.2 Å². The van der Waals surface area contributed by atoms with Crippen molar-refractivity contribution in [3.05, 3.63) is 70.8 Å². The summed E-state index contributed by atoms with van der Waals surface area (Å²) < 4.78 is 0. The van der Waals surface area contributed by atoms with Gasteiger partial charge in [-0.2, -0.15) is 0 Å². The van der Waals surface area contributed by atoms with Crippen LogP contribution in [-0.4, -0.2) is 11.7 Å². The maximum Gasteiger partial charge on any atom is 0.220 e. The maximum atomic E-state index is 13.6. The minimum atomic E-state index is -0.180. The lowest BCUT2D eigenvalue weighted by molar-refractivity contribution is -0.122. The summed E-state index contributed by atoms with van der Waals surface area (Å²) in [6, 6.07) is 17.2. The van der Waals surface area contributed by atoms with E-state index < -0.39 is 0 Å². The standard InChI is InChI=1S/C32H43NO2.C2H6.H2/c1-2-8-23-9-6-13-26(17-15-23)31(25-11-4-3-5-12-25)30(34)14-7-10-24-16-18-28-22-29(32(33)35)20-19-27(28)21-24;1-2;/h3-5,11-12,16,18,21,23,26,29,31H,2,6-10,13-15,17,19-20,22H2,1H3,(H2,33,35);1-2H3;1H. The van der Waals surface area contributed by atoms with Crippen molar-refractivity contribution in [1.82, 2.24) is 0 Å². The number of carbonyl (C=O) groups excluding carboxylic acids is 2. The van der Waals surface area contributed by atoms with Crippen molar-refractivity contribution in [3.8, 4) is 0 Å². The molecule has 2 aliphatic rings. The summed E-state index contributed by atoms with van der Waals surface area (Å²) in [6.07, 6.45) is 13.9. The van der Waals surface area contributed by atoms with Gasteiger partial charge in [0.05, 0.1) is 0 Å². The van der Waals surface area contributed by atoms with E-state index in [4.69, 9.17) is 5.73 Å². The Morgan fingerprint density at radius 2 is 1.76 bits per heavy atom. The van der Waals surface area contributed by atoms with Gasteiger partial charge in [0, 0.05) is 19.7 Å². The number of Topliss-reactive ketones (excluding diaryl/α,β-unsaturated/α-hetero) is 1. The van der Waals surface area contributed by atoms with Gasteiger partial charge in [-0.3, -0.25) is 9.59 Å². The fourth-order valence-electron chi connectivity index (χ4n) is 6.65. The average molecular weight is 506 g/mol. The number of rotatable bonds is 10. The van der Waals surface area contributed by atoms with Crippen molar-refractivity contribution >= 4 is 11.7 Å². The molecule has 2 aromatic rings. The molecule has 2 aromatic carbocycles. The Kier molecular flexibility index (Phi) is 11.9. The molecule has 3 heteroatoms. The van der Waals surface area contributed by atoms with Crippen LogP contribution in [0.3, 0.4) is 0 Å². The lowest BCUT2D eigenvalue weighted by Gasteiger charge is -2.26. The van der Waals surface area contributed by atoms with Gasteiger partial charge in [0.1, 0.15) is 5.78 Å². The van der Waals surface area contributed by atoms with Crippen LogP contribution in [-0.2, 0) is 28.9 Å². The van der Waals surface area contributed by atoms with Crippen LogP contribution in [0, 0.1) is 17.8 Å². The molecule has 0 heterocycles. The molecule has 0 aromatic heterocycles. The van der Waals surface area contributed by atoms with Crippen LogP contribution in [0.4, 0.5) is 0 Å². The lowest BCUT2D eigenvalue weighted by atomic mass is 9.77. The molecular formula is C34H51NO2. The van der Waals surface area contributed by atoms with Crippen LogP contribution >= 0.6 is 0 Å². The largest absolute Gasteiger partial charge is 0.369 e. The first-order chi connectivity index (χ1) is 18.0.